The minimum atomic E-state index is -0.354. The Balaban J connectivity index is 2.28. The van der Waals surface area contributed by atoms with Crippen LogP contribution in [0.1, 0.15) is 11.1 Å². The molecule has 0 N–H and O–H groups in total. The van der Waals surface area contributed by atoms with Gasteiger partial charge in [0.1, 0.15) is 5.58 Å². The second-order valence-corrected chi connectivity index (χ2v) is 5.46. The molecule has 0 saturated heterocycles. The normalized spacial score (nSPS) is 10.8. The molecule has 1 heterocycles. The van der Waals surface area contributed by atoms with E-state index in [0.29, 0.717) is 22.6 Å². The first-order valence-electron chi connectivity index (χ1n) is 7.31. The lowest BCUT2D eigenvalue weighted by Gasteiger charge is -2.12. The molecule has 4 nitrogen and oxygen atoms in total. The number of hydrogen-bond donors (Lipinski definition) is 0. The van der Waals surface area contributed by atoms with Gasteiger partial charge >= 0.3 is 5.63 Å². The molecule has 2 aromatic carbocycles. The summed E-state index contributed by atoms with van der Waals surface area (Å²) in [4.78, 5) is 12.5. The van der Waals surface area contributed by atoms with Crippen molar-refractivity contribution in [2.75, 3.05) is 14.2 Å². The maximum absolute atomic E-state index is 12.5. The lowest BCUT2D eigenvalue weighted by molar-refractivity contribution is 0.355. The summed E-state index contributed by atoms with van der Waals surface area (Å²) in [5, 5.41) is 0.931. The molecular weight excluding hydrogens is 292 g/mol. The van der Waals surface area contributed by atoms with Crippen molar-refractivity contribution in [2.24, 2.45) is 0 Å². The first kappa shape index (κ1) is 15.2. The lowest BCUT2D eigenvalue weighted by Crippen LogP contribution is -2.06. The van der Waals surface area contributed by atoms with Crippen molar-refractivity contribution < 1.29 is 13.9 Å². The molecule has 0 spiro atoms. The molecular formula is C19H18O4. The van der Waals surface area contributed by atoms with Gasteiger partial charge in [0, 0.05) is 5.39 Å². The Hall–Kier alpha value is -2.75. The summed E-state index contributed by atoms with van der Waals surface area (Å²) in [5.74, 6) is 1.20. The van der Waals surface area contributed by atoms with Crippen molar-refractivity contribution in [1.82, 2.24) is 0 Å². The third kappa shape index (κ3) is 2.57. The van der Waals surface area contributed by atoms with Gasteiger partial charge in [0.25, 0.3) is 0 Å². The van der Waals surface area contributed by atoms with Crippen LogP contribution in [0.4, 0.5) is 0 Å². The predicted octanol–water partition coefficient (Wildman–Crippen LogP) is 4.09. The molecule has 0 aliphatic heterocycles. The van der Waals surface area contributed by atoms with Crippen LogP contribution in [0.5, 0.6) is 11.5 Å². The van der Waals surface area contributed by atoms with Crippen LogP contribution in [0.15, 0.2) is 45.6 Å². The molecule has 1 aromatic heterocycles. The Morgan fingerprint density at radius 2 is 1.65 bits per heavy atom. The standard InChI is InChI=1S/C19H18O4/c1-11-5-7-14-12(2)18(19(20)23-16(14)9-11)13-6-8-15(21-3)17(10-13)22-4/h5-10H,1-4H3. The van der Waals surface area contributed by atoms with Crippen LogP contribution in [-0.4, -0.2) is 14.2 Å². The fourth-order valence-electron chi connectivity index (χ4n) is 2.79. The zero-order valence-electron chi connectivity index (χ0n) is 13.6. The maximum Gasteiger partial charge on any atom is 0.344 e. The molecule has 0 radical (unpaired) electrons. The molecule has 23 heavy (non-hydrogen) atoms. The smallest absolute Gasteiger partial charge is 0.344 e. The molecule has 0 saturated carbocycles. The molecule has 0 bridgehead atoms. The van der Waals surface area contributed by atoms with Gasteiger partial charge < -0.3 is 13.9 Å². The van der Waals surface area contributed by atoms with Crippen molar-refractivity contribution in [1.29, 1.82) is 0 Å². The number of aryl methyl sites for hydroxylation is 2. The van der Waals surface area contributed by atoms with Crippen molar-refractivity contribution in [3.05, 3.63) is 57.9 Å². The van der Waals surface area contributed by atoms with Gasteiger partial charge in [-0.25, -0.2) is 4.79 Å². The number of hydrogen-bond acceptors (Lipinski definition) is 4. The molecule has 0 fully saturated rings. The summed E-state index contributed by atoms with van der Waals surface area (Å²) in [6, 6.07) is 11.3. The molecule has 4 heteroatoms. The summed E-state index contributed by atoms with van der Waals surface area (Å²) >= 11 is 0. The monoisotopic (exact) mass is 310 g/mol. The van der Waals surface area contributed by atoms with Crippen LogP contribution in [0.3, 0.4) is 0 Å². The number of ether oxygens (including phenoxy) is 2. The lowest BCUT2D eigenvalue weighted by atomic mass is 9.98. The third-order valence-corrected chi connectivity index (χ3v) is 4.00. The van der Waals surface area contributed by atoms with Crippen LogP contribution in [0.2, 0.25) is 0 Å². The highest BCUT2D eigenvalue weighted by Gasteiger charge is 2.15. The van der Waals surface area contributed by atoms with Crippen LogP contribution >= 0.6 is 0 Å². The zero-order valence-corrected chi connectivity index (χ0v) is 13.6. The summed E-state index contributed by atoms with van der Waals surface area (Å²) in [6.45, 7) is 3.90. The van der Waals surface area contributed by atoms with E-state index in [0.717, 1.165) is 22.1 Å². The molecule has 0 unspecified atom stereocenters. The second kappa shape index (κ2) is 5.80. The Labute approximate surface area is 134 Å². The molecule has 118 valence electrons. The fourth-order valence-corrected chi connectivity index (χ4v) is 2.79. The van der Waals surface area contributed by atoms with E-state index in [1.165, 1.54) is 0 Å². The van der Waals surface area contributed by atoms with Crippen molar-refractivity contribution in [2.45, 2.75) is 13.8 Å². The van der Waals surface area contributed by atoms with Crippen LogP contribution in [0, 0.1) is 13.8 Å². The number of rotatable bonds is 3. The van der Waals surface area contributed by atoms with E-state index in [2.05, 4.69) is 0 Å². The van der Waals surface area contributed by atoms with E-state index >= 15 is 0 Å². The Morgan fingerprint density at radius 1 is 0.913 bits per heavy atom. The molecule has 0 aliphatic rings. The number of benzene rings is 2. The quantitative estimate of drug-likeness (QED) is 0.684. The summed E-state index contributed by atoms with van der Waals surface area (Å²) < 4.78 is 16.1. The van der Waals surface area contributed by atoms with E-state index in [1.54, 1.807) is 26.4 Å². The SMILES string of the molecule is COc1ccc(-c2c(C)c3ccc(C)cc3oc2=O)cc1OC. The van der Waals surface area contributed by atoms with Crippen molar-refractivity contribution >= 4 is 11.0 Å². The molecule has 0 aliphatic carbocycles. The van der Waals surface area contributed by atoms with E-state index in [1.807, 2.05) is 38.1 Å². The summed E-state index contributed by atoms with van der Waals surface area (Å²) in [7, 11) is 3.15. The highest BCUT2D eigenvalue weighted by Crippen LogP contribution is 2.34. The summed E-state index contributed by atoms with van der Waals surface area (Å²) in [6.07, 6.45) is 0. The second-order valence-electron chi connectivity index (χ2n) is 5.46. The van der Waals surface area contributed by atoms with Gasteiger partial charge in [-0.3, -0.25) is 0 Å². The highest BCUT2D eigenvalue weighted by atomic mass is 16.5. The first-order chi connectivity index (χ1) is 11.0. The Morgan fingerprint density at radius 3 is 2.35 bits per heavy atom. The minimum Gasteiger partial charge on any atom is -0.493 e. The van der Waals surface area contributed by atoms with E-state index in [-0.39, 0.29) is 5.63 Å². The Kier molecular flexibility index (Phi) is 3.82. The van der Waals surface area contributed by atoms with Gasteiger partial charge in [0.2, 0.25) is 0 Å². The van der Waals surface area contributed by atoms with E-state index < -0.39 is 0 Å². The van der Waals surface area contributed by atoms with E-state index in [4.69, 9.17) is 13.9 Å². The predicted molar refractivity (Wildman–Crippen MR) is 90.5 cm³/mol. The average Bonchev–Trinajstić information content (AvgIpc) is 2.54. The molecule has 0 atom stereocenters. The first-order valence-corrected chi connectivity index (χ1v) is 7.31. The Bertz CT molecular complexity index is 938. The highest BCUT2D eigenvalue weighted by molar-refractivity contribution is 5.87. The van der Waals surface area contributed by atoms with Gasteiger partial charge in [0.15, 0.2) is 11.5 Å². The van der Waals surface area contributed by atoms with Gasteiger partial charge in [-0.05, 0) is 48.7 Å². The average molecular weight is 310 g/mol. The zero-order chi connectivity index (χ0) is 16.6. The molecule has 3 rings (SSSR count). The van der Waals surface area contributed by atoms with Crippen molar-refractivity contribution in [3.63, 3.8) is 0 Å². The van der Waals surface area contributed by atoms with Gasteiger partial charge in [-0.15, -0.1) is 0 Å². The minimum absolute atomic E-state index is 0.354. The number of fused-ring (bicyclic) bond motifs is 1. The summed E-state index contributed by atoms with van der Waals surface area (Å²) in [5.41, 5.74) is 3.49. The van der Waals surface area contributed by atoms with Gasteiger partial charge in [-0.1, -0.05) is 18.2 Å². The maximum atomic E-state index is 12.5. The van der Waals surface area contributed by atoms with Gasteiger partial charge in [0.05, 0.1) is 19.8 Å². The van der Waals surface area contributed by atoms with Gasteiger partial charge in [-0.2, -0.15) is 0 Å². The fraction of sp³-hybridized carbons (Fsp3) is 0.211. The van der Waals surface area contributed by atoms with E-state index in [9.17, 15) is 4.79 Å². The van der Waals surface area contributed by atoms with Crippen molar-refractivity contribution in [3.8, 4) is 22.6 Å². The molecule has 0 amide bonds. The third-order valence-electron chi connectivity index (χ3n) is 4.00. The number of methoxy groups -OCH3 is 2. The largest absolute Gasteiger partial charge is 0.493 e. The topological polar surface area (TPSA) is 48.7 Å². The molecule has 3 aromatic rings. The van der Waals surface area contributed by atoms with Crippen LogP contribution in [-0.2, 0) is 0 Å². The van der Waals surface area contributed by atoms with Crippen LogP contribution < -0.4 is 15.1 Å². The van der Waals surface area contributed by atoms with Crippen LogP contribution in [0.25, 0.3) is 22.1 Å².